The second kappa shape index (κ2) is 8.17. The number of carbonyl (C=O) groups excluding carboxylic acids is 1. The molecule has 10 heteroatoms. The molecule has 4 rings (SSSR count). The van der Waals surface area contributed by atoms with E-state index in [9.17, 15) is 35.4 Å². The lowest BCUT2D eigenvalue weighted by Crippen LogP contribution is -2.60. The summed E-state index contributed by atoms with van der Waals surface area (Å²) in [5.41, 5.74) is 0.888. The van der Waals surface area contributed by atoms with Gasteiger partial charge < -0.3 is 44.8 Å². The third-order valence-electron chi connectivity index (χ3n) is 5.09. The minimum Gasteiger partial charge on any atom is -0.504 e. The zero-order valence-electron chi connectivity index (χ0n) is 16.0. The first kappa shape index (κ1) is 21.1. The molecule has 6 N–H and O–H groups in total. The molecule has 2 aliphatic heterocycles. The molecule has 5 atom stereocenters. The molecule has 0 aliphatic carbocycles. The van der Waals surface area contributed by atoms with Crippen LogP contribution in [0, 0.1) is 0 Å². The lowest BCUT2D eigenvalue weighted by atomic mass is 9.99. The smallest absolute Gasteiger partial charge is 0.348 e. The summed E-state index contributed by atoms with van der Waals surface area (Å²) in [6.45, 7) is -0.619. The molecule has 2 aromatic carbocycles. The molecule has 0 radical (unpaired) electrons. The molecule has 2 aromatic rings. The average molecular weight is 432 g/mol. The van der Waals surface area contributed by atoms with Gasteiger partial charge in [-0.1, -0.05) is 18.2 Å². The minimum absolute atomic E-state index is 0.00350. The van der Waals surface area contributed by atoms with Crippen molar-refractivity contribution in [3.8, 4) is 17.2 Å². The molecule has 2 aliphatic rings. The standard InChI is InChI=1S/C21H20O10/c22-8-15-17(25)18(26)19(27)21(31-15)30-13-3-1-2-10-14(29-20(28)16(10)13)7-9-4-5-11(23)12(24)6-9/h1-7,15,17-19,21-27H,8H2/t15-,17-,18+,19-,21-/m1/s1. The van der Waals surface area contributed by atoms with Gasteiger partial charge in [-0.3, -0.25) is 0 Å². The van der Waals surface area contributed by atoms with Gasteiger partial charge in [0, 0.05) is 5.56 Å². The van der Waals surface area contributed by atoms with Crippen molar-refractivity contribution in [2.75, 3.05) is 6.61 Å². The Kier molecular flexibility index (Phi) is 5.56. The highest BCUT2D eigenvalue weighted by Crippen LogP contribution is 2.38. The van der Waals surface area contributed by atoms with Crippen LogP contribution in [0.3, 0.4) is 0 Å². The van der Waals surface area contributed by atoms with Crippen LogP contribution < -0.4 is 4.74 Å². The summed E-state index contributed by atoms with van der Waals surface area (Å²) in [7, 11) is 0. The predicted octanol–water partition coefficient (Wildman–Crippen LogP) is -0.0550. The van der Waals surface area contributed by atoms with Gasteiger partial charge in [0.15, 0.2) is 11.5 Å². The molecule has 31 heavy (non-hydrogen) atoms. The monoisotopic (exact) mass is 432 g/mol. The summed E-state index contributed by atoms with van der Waals surface area (Å²) in [5.74, 6) is -1.18. The molecular weight excluding hydrogens is 412 g/mol. The molecule has 0 unspecified atom stereocenters. The Morgan fingerprint density at radius 1 is 1.00 bits per heavy atom. The zero-order valence-corrected chi connectivity index (χ0v) is 16.0. The number of phenolic OH excluding ortho intramolecular Hbond substituents is 2. The van der Waals surface area contributed by atoms with E-state index in [1.807, 2.05) is 0 Å². The molecule has 1 saturated heterocycles. The Hall–Kier alpha value is -3.15. The largest absolute Gasteiger partial charge is 0.504 e. The van der Waals surface area contributed by atoms with E-state index in [4.69, 9.17) is 14.2 Å². The van der Waals surface area contributed by atoms with Crippen molar-refractivity contribution in [3.05, 3.63) is 53.1 Å². The normalized spacial score (nSPS) is 29.0. The van der Waals surface area contributed by atoms with Crippen molar-refractivity contribution in [2.45, 2.75) is 30.7 Å². The van der Waals surface area contributed by atoms with Gasteiger partial charge in [-0.2, -0.15) is 0 Å². The van der Waals surface area contributed by atoms with E-state index in [1.54, 1.807) is 12.1 Å². The Bertz CT molecular complexity index is 1030. The highest BCUT2D eigenvalue weighted by atomic mass is 16.7. The number of cyclic esters (lactones) is 1. The van der Waals surface area contributed by atoms with Crippen LogP contribution in [0.4, 0.5) is 0 Å². The maximum absolute atomic E-state index is 12.5. The second-order valence-corrected chi connectivity index (χ2v) is 7.14. The first-order valence-corrected chi connectivity index (χ1v) is 9.36. The van der Waals surface area contributed by atoms with Gasteiger partial charge in [0.1, 0.15) is 41.5 Å². The van der Waals surface area contributed by atoms with Crippen molar-refractivity contribution < 1.29 is 49.6 Å². The van der Waals surface area contributed by atoms with Gasteiger partial charge in [-0.05, 0) is 29.8 Å². The molecule has 0 bridgehead atoms. The molecule has 2 heterocycles. The predicted molar refractivity (Wildman–Crippen MR) is 104 cm³/mol. The van der Waals surface area contributed by atoms with Gasteiger partial charge in [0.2, 0.25) is 6.29 Å². The summed E-state index contributed by atoms with van der Waals surface area (Å²) >= 11 is 0. The molecular formula is C21H20O10. The third-order valence-corrected chi connectivity index (χ3v) is 5.09. The van der Waals surface area contributed by atoms with Gasteiger partial charge in [-0.15, -0.1) is 0 Å². The molecule has 0 aromatic heterocycles. The van der Waals surface area contributed by atoms with E-state index in [0.29, 0.717) is 11.1 Å². The number of aromatic hydroxyl groups is 2. The summed E-state index contributed by atoms with van der Waals surface area (Å²) in [6.07, 6.45) is -5.94. The van der Waals surface area contributed by atoms with Crippen molar-refractivity contribution in [1.29, 1.82) is 0 Å². The molecule has 10 nitrogen and oxygen atoms in total. The van der Waals surface area contributed by atoms with Crippen molar-refractivity contribution in [3.63, 3.8) is 0 Å². The van der Waals surface area contributed by atoms with Crippen LogP contribution in [0.5, 0.6) is 17.2 Å². The van der Waals surface area contributed by atoms with Crippen molar-refractivity contribution in [2.24, 2.45) is 0 Å². The Labute approximate surface area is 175 Å². The number of fused-ring (bicyclic) bond motifs is 1. The minimum atomic E-state index is -1.64. The second-order valence-electron chi connectivity index (χ2n) is 7.14. The number of ether oxygens (including phenoxy) is 3. The van der Waals surface area contributed by atoms with Crippen molar-refractivity contribution >= 4 is 17.8 Å². The number of carbonyl (C=O) groups is 1. The molecule has 0 amide bonds. The number of esters is 1. The average Bonchev–Trinajstić information content (AvgIpc) is 3.07. The number of aliphatic hydroxyl groups excluding tert-OH is 4. The maximum atomic E-state index is 12.5. The lowest BCUT2D eigenvalue weighted by molar-refractivity contribution is -0.277. The molecule has 0 spiro atoms. The fraction of sp³-hybridized carbons (Fsp3) is 0.286. The number of hydrogen-bond donors (Lipinski definition) is 6. The van der Waals surface area contributed by atoms with Crippen LogP contribution in [0.15, 0.2) is 36.4 Å². The van der Waals surface area contributed by atoms with E-state index >= 15 is 0 Å². The number of aliphatic hydroxyl groups is 4. The fourth-order valence-corrected chi connectivity index (χ4v) is 3.43. The Morgan fingerprint density at radius 3 is 2.48 bits per heavy atom. The first-order valence-electron chi connectivity index (χ1n) is 9.36. The number of phenols is 2. The van der Waals surface area contributed by atoms with Gasteiger partial charge in [0.25, 0.3) is 0 Å². The van der Waals surface area contributed by atoms with E-state index in [2.05, 4.69) is 0 Å². The topological polar surface area (TPSA) is 166 Å². The van der Waals surface area contributed by atoms with Crippen LogP contribution in [0.25, 0.3) is 11.8 Å². The van der Waals surface area contributed by atoms with E-state index < -0.39 is 43.3 Å². The van der Waals surface area contributed by atoms with Crippen LogP contribution >= 0.6 is 0 Å². The SMILES string of the molecule is O=C1OC(=Cc2ccc(O)c(O)c2)c2cccc(O[C@@H]3O[C@H](CO)[C@@H](O)[C@H](O)[C@H]3O)c21. The summed E-state index contributed by atoms with van der Waals surface area (Å²) in [5, 5.41) is 58.4. The fourth-order valence-electron chi connectivity index (χ4n) is 3.43. The van der Waals surface area contributed by atoms with Crippen LogP contribution in [0.2, 0.25) is 0 Å². The summed E-state index contributed by atoms with van der Waals surface area (Å²) in [6, 6.07) is 8.72. The number of hydrogen-bond acceptors (Lipinski definition) is 10. The van der Waals surface area contributed by atoms with Crippen LogP contribution in [0.1, 0.15) is 21.5 Å². The number of benzene rings is 2. The highest BCUT2D eigenvalue weighted by molar-refractivity contribution is 6.07. The quantitative estimate of drug-likeness (QED) is 0.285. The molecule has 164 valence electrons. The summed E-state index contributed by atoms with van der Waals surface area (Å²) in [4.78, 5) is 12.5. The molecule has 0 saturated carbocycles. The first-order chi connectivity index (χ1) is 14.8. The van der Waals surface area contributed by atoms with E-state index in [1.165, 1.54) is 30.3 Å². The van der Waals surface area contributed by atoms with Gasteiger partial charge >= 0.3 is 5.97 Å². The van der Waals surface area contributed by atoms with Crippen molar-refractivity contribution in [1.82, 2.24) is 0 Å². The maximum Gasteiger partial charge on any atom is 0.348 e. The Balaban J connectivity index is 1.65. The number of rotatable bonds is 4. The molecule has 1 fully saturated rings. The lowest BCUT2D eigenvalue weighted by Gasteiger charge is -2.39. The zero-order chi connectivity index (χ0) is 22.3. The van der Waals surface area contributed by atoms with Gasteiger partial charge in [-0.25, -0.2) is 4.79 Å². The Morgan fingerprint density at radius 2 is 1.77 bits per heavy atom. The van der Waals surface area contributed by atoms with Crippen LogP contribution in [-0.4, -0.2) is 73.9 Å². The summed E-state index contributed by atoms with van der Waals surface area (Å²) < 4.78 is 16.2. The van der Waals surface area contributed by atoms with E-state index in [0.717, 1.165) is 0 Å². The highest BCUT2D eigenvalue weighted by Gasteiger charge is 2.45. The van der Waals surface area contributed by atoms with Gasteiger partial charge in [0.05, 0.1) is 6.61 Å². The van der Waals surface area contributed by atoms with E-state index in [-0.39, 0.29) is 28.6 Å². The van der Waals surface area contributed by atoms with Crippen LogP contribution in [-0.2, 0) is 9.47 Å². The third kappa shape index (κ3) is 3.82.